The molecule has 0 aromatic heterocycles. The minimum atomic E-state index is -1.04. The highest BCUT2D eigenvalue weighted by Gasteiger charge is 2.39. The Labute approximate surface area is 191 Å². The Hall–Kier alpha value is -0.460. The van der Waals surface area contributed by atoms with Gasteiger partial charge in [0.2, 0.25) is 0 Å². The Morgan fingerprint density at radius 2 is 1.32 bits per heavy atom. The number of allylic oxidation sites excluding steroid dienone is 2. The molecular formula is C26H50O5. The van der Waals surface area contributed by atoms with Crippen molar-refractivity contribution in [2.75, 3.05) is 19.8 Å². The smallest absolute Gasteiger partial charge is 0.114 e. The second kappa shape index (κ2) is 20.2. The lowest BCUT2D eigenvalue weighted by atomic mass is 10.0. The molecule has 1 saturated heterocycles. The summed E-state index contributed by atoms with van der Waals surface area (Å²) < 4.78 is 10.7. The SMILES string of the molecule is CCCCCCCCCCCCCCC/C=C/CCCOC[C@H](O)[C@@H]1OC[C@@H](O)[C@@H]1O. The van der Waals surface area contributed by atoms with E-state index in [0.717, 1.165) is 19.3 Å². The average molecular weight is 443 g/mol. The molecule has 0 aromatic rings. The second-order valence-electron chi connectivity index (χ2n) is 9.14. The Bertz CT molecular complexity index is 415. The molecule has 1 fully saturated rings. The first-order valence-corrected chi connectivity index (χ1v) is 13.0. The number of rotatable bonds is 21. The predicted molar refractivity (Wildman–Crippen MR) is 127 cm³/mol. The van der Waals surface area contributed by atoms with Crippen molar-refractivity contribution in [1.29, 1.82) is 0 Å². The van der Waals surface area contributed by atoms with Gasteiger partial charge in [-0.05, 0) is 25.7 Å². The van der Waals surface area contributed by atoms with Crippen LogP contribution in [0, 0.1) is 0 Å². The van der Waals surface area contributed by atoms with Gasteiger partial charge < -0.3 is 24.8 Å². The van der Waals surface area contributed by atoms with Crippen molar-refractivity contribution >= 4 is 0 Å². The predicted octanol–water partition coefficient (Wildman–Crippen LogP) is 5.30. The molecule has 1 heterocycles. The van der Waals surface area contributed by atoms with Gasteiger partial charge in [-0.2, -0.15) is 0 Å². The van der Waals surface area contributed by atoms with Crippen LogP contribution < -0.4 is 0 Å². The van der Waals surface area contributed by atoms with E-state index in [0.29, 0.717) is 6.61 Å². The monoisotopic (exact) mass is 442 g/mol. The van der Waals surface area contributed by atoms with Crippen molar-refractivity contribution in [3.63, 3.8) is 0 Å². The van der Waals surface area contributed by atoms with E-state index in [-0.39, 0.29) is 13.2 Å². The maximum Gasteiger partial charge on any atom is 0.114 e. The molecule has 0 amide bonds. The standard InChI is InChI=1S/C26H50O5/c1-2-3-4-5-6-7-8-9-10-11-12-13-14-15-16-17-18-19-20-30-21-24(28)26-25(29)23(27)22-31-26/h16-17,23-29H,2-15,18-22H2,1H3/b17-16+/t23-,24+,25+,26+/m1/s1. The van der Waals surface area contributed by atoms with Crippen LogP contribution in [-0.4, -0.2) is 59.6 Å². The van der Waals surface area contributed by atoms with Crippen LogP contribution in [0.4, 0.5) is 0 Å². The topological polar surface area (TPSA) is 79.2 Å². The molecular weight excluding hydrogens is 392 g/mol. The molecule has 0 aliphatic carbocycles. The number of hydrogen-bond acceptors (Lipinski definition) is 5. The minimum Gasteiger partial charge on any atom is -0.388 e. The lowest BCUT2D eigenvalue weighted by Crippen LogP contribution is -2.40. The molecule has 4 atom stereocenters. The van der Waals surface area contributed by atoms with Gasteiger partial charge in [0.25, 0.3) is 0 Å². The van der Waals surface area contributed by atoms with Gasteiger partial charge in [-0.3, -0.25) is 0 Å². The number of hydrogen-bond donors (Lipinski definition) is 3. The molecule has 0 unspecified atom stereocenters. The minimum absolute atomic E-state index is 0.0624. The molecule has 3 N–H and O–H groups in total. The molecule has 5 heteroatoms. The zero-order chi connectivity index (χ0) is 22.6. The molecule has 1 aliphatic heterocycles. The molecule has 5 nitrogen and oxygen atoms in total. The van der Waals surface area contributed by atoms with Gasteiger partial charge >= 0.3 is 0 Å². The van der Waals surface area contributed by atoms with E-state index in [2.05, 4.69) is 19.1 Å². The summed E-state index contributed by atoms with van der Waals surface area (Å²) in [5, 5.41) is 29.1. The summed E-state index contributed by atoms with van der Waals surface area (Å²) in [6.07, 6.45) is 22.1. The maximum atomic E-state index is 9.95. The van der Waals surface area contributed by atoms with Crippen molar-refractivity contribution in [3.8, 4) is 0 Å². The molecule has 184 valence electrons. The normalized spacial score (nSPS) is 22.5. The van der Waals surface area contributed by atoms with Crippen LogP contribution in [-0.2, 0) is 9.47 Å². The van der Waals surface area contributed by atoms with Crippen molar-refractivity contribution in [2.45, 2.75) is 134 Å². The lowest BCUT2D eigenvalue weighted by molar-refractivity contribution is -0.0811. The van der Waals surface area contributed by atoms with Gasteiger partial charge in [0.15, 0.2) is 0 Å². The van der Waals surface area contributed by atoms with E-state index in [1.54, 1.807) is 0 Å². The van der Waals surface area contributed by atoms with Gasteiger partial charge in [0, 0.05) is 6.61 Å². The first-order chi connectivity index (χ1) is 15.2. The number of aliphatic hydroxyl groups excluding tert-OH is 3. The fourth-order valence-electron chi connectivity index (χ4n) is 4.08. The third-order valence-corrected chi connectivity index (χ3v) is 6.16. The lowest BCUT2D eigenvalue weighted by Gasteiger charge is -2.20. The van der Waals surface area contributed by atoms with E-state index in [1.807, 2.05) is 0 Å². The average Bonchev–Trinajstić information content (AvgIpc) is 3.10. The van der Waals surface area contributed by atoms with Gasteiger partial charge in [0.1, 0.15) is 24.4 Å². The number of unbranched alkanes of at least 4 members (excludes halogenated alkanes) is 14. The highest BCUT2D eigenvalue weighted by Crippen LogP contribution is 2.18. The summed E-state index contributed by atoms with van der Waals surface area (Å²) in [7, 11) is 0. The highest BCUT2D eigenvalue weighted by molar-refractivity contribution is 4.87. The molecule has 0 radical (unpaired) electrons. The van der Waals surface area contributed by atoms with Gasteiger partial charge in [0.05, 0.1) is 13.2 Å². The van der Waals surface area contributed by atoms with Crippen molar-refractivity contribution in [3.05, 3.63) is 12.2 Å². The molecule has 1 rings (SSSR count). The molecule has 0 bridgehead atoms. The Morgan fingerprint density at radius 1 is 0.806 bits per heavy atom. The molecule has 0 saturated carbocycles. The molecule has 31 heavy (non-hydrogen) atoms. The quantitative estimate of drug-likeness (QED) is 0.166. The molecule has 1 aliphatic rings. The fraction of sp³-hybridized carbons (Fsp3) is 0.923. The number of aliphatic hydroxyl groups is 3. The second-order valence-corrected chi connectivity index (χ2v) is 9.14. The van der Waals surface area contributed by atoms with Gasteiger partial charge in [-0.15, -0.1) is 0 Å². The van der Waals surface area contributed by atoms with Gasteiger partial charge in [-0.1, -0.05) is 96.1 Å². The van der Waals surface area contributed by atoms with Crippen LogP contribution in [0.25, 0.3) is 0 Å². The Balaban J connectivity index is 1.77. The van der Waals surface area contributed by atoms with Crippen LogP contribution >= 0.6 is 0 Å². The summed E-state index contributed by atoms with van der Waals surface area (Å²) in [6, 6.07) is 0. The fourth-order valence-corrected chi connectivity index (χ4v) is 4.08. The van der Waals surface area contributed by atoms with Crippen molar-refractivity contribution in [1.82, 2.24) is 0 Å². The van der Waals surface area contributed by atoms with Crippen LogP contribution in [0.1, 0.15) is 110 Å². The summed E-state index contributed by atoms with van der Waals surface area (Å²) in [6.45, 7) is 3.04. The first kappa shape index (κ1) is 28.6. The third-order valence-electron chi connectivity index (χ3n) is 6.16. The zero-order valence-corrected chi connectivity index (χ0v) is 20.1. The Morgan fingerprint density at radius 3 is 1.84 bits per heavy atom. The third kappa shape index (κ3) is 15.1. The van der Waals surface area contributed by atoms with Crippen LogP contribution in [0.5, 0.6) is 0 Å². The summed E-state index contributed by atoms with van der Waals surface area (Å²) in [5.41, 5.74) is 0. The van der Waals surface area contributed by atoms with E-state index in [4.69, 9.17) is 9.47 Å². The van der Waals surface area contributed by atoms with Crippen LogP contribution in [0.3, 0.4) is 0 Å². The van der Waals surface area contributed by atoms with E-state index in [9.17, 15) is 15.3 Å². The molecule has 0 aromatic carbocycles. The Kier molecular flexibility index (Phi) is 18.6. The van der Waals surface area contributed by atoms with E-state index >= 15 is 0 Å². The van der Waals surface area contributed by atoms with E-state index in [1.165, 1.54) is 83.5 Å². The highest BCUT2D eigenvalue weighted by atomic mass is 16.5. The van der Waals surface area contributed by atoms with Crippen molar-refractivity contribution in [2.24, 2.45) is 0 Å². The van der Waals surface area contributed by atoms with E-state index < -0.39 is 24.4 Å². The van der Waals surface area contributed by atoms with Crippen LogP contribution in [0.15, 0.2) is 12.2 Å². The zero-order valence-electron chi connectivity index (χ0n) is 20.1. The largest absolute Gasteiger partial charge is 0.388 e. The first-order valence-electron chi connectivity index (χ1n) is 13.0. The number of ether oxygens (including phenoxy) is 2. The summed E-state index contributed by atoms with van der Waals surface area (Å²) in [5.74, 6) is 0. The summed E-state index contributed by atoms with van der Waals surface area (Å²) >= 11 is 0. The summed E-state index contributed by atoms with van der Waals surface area (Å²) in [4.78, 5) is 0. The van der Waals surface area contributed by atoms with Crippen molar-refractivity contribution < 1.29 is 24.8 Å². The van der Waals surface area contributed by atoms with Gasteiger partial charge in [-0.25, -0.2) is 0 Å². The molecule has 0 spiro atoms. The maximum absolute atomic E-state index is 9.95. The van der Waals surface area contributed by atoms with Crippen LogP contribution in [0.2, 0.25) is 0 Å².